The molecule has 0 radical (unpaired) electrons. The van der Waals surface area contributed by atoms with Gasteiger partial charge in [-0.1, -0.05) is 18.2 Å². The number of aromatic amines is 1. The fourth-order valence-electron chi connectivity index (χ4n) is 4.83. The SMILES string of the molecule is COc1ccccc1CC(=O)N1CCC(c2[nH]ncc2C(=O)N2C[C@@H](C)O[C@@H](C)C2)CC1. The Morgan fingerprint density at radius 3 is 2.50 bits per heavy atom. The van der Waals surface area contributed by atoms with Gasteiger partial charge in [-0.25, -0.2) is 0 Å². The number of carbonyl (C=O) groups excluding carboxylic acids is 2. The van der Waals surface area contributed by atoms with Crippen molar-refractivity contribution in [2.24, 2.45) is 0 Å². The lowest BCUT2D eigenvalue weighted by Gasteiger charge is -2.36. The number of amides is 2. The number of hydrogen-bond acceptors (Lipinski definition) is 5. The normalized spacial score (nSPS) is 22.1. The molecule has 0 unspecified atom stereocenters. The second-order valence-electron chi connectivity index (χ2n) is 8.81. The molecule has 8 nitrogen and oxygen atoms in total. The number of hydrogen-bond donors (Lipinski definition) is 1. The van der Waals surface area contributed by atoms with Crippen molar-refractivity contribution in [3.8, 4) is 5.75 Å². The van der Waals surface area contributed by atoms with E-state index in [-0.39, 0.29) is 29.9 Å². The third kappa shape index (κ3) is 4.80. The van der Waals surface area contributed by atoms with Crippen LogP contribution >= 0.6 is 0 Å². The Bertz CT molecular complexity index is 941. The summed E-state index contributed by atoms with van der Waals surface area (Å²) in [6, 6.07) is 7.63. The van der Waals surface area contributed by atoms with Crippen molar-refractivity contribution in [3.05, 3.63) is 47.3 Å². The van der Waals surface area contributed by atoms with E-state index in [9.17, 15) is 9.59 Å². The number of morpholine rings is 1. The first-order valence-corrected chi connectivity index (χ1v) is 11.3. The molecule has 2 atom stereocenters. The molecule has 32 heavy (non-hydrogen) atoms. The average Bonchev–Trinajstić information content (AvgIpc) is 3.28. The van der Waals surface area contributed by atoms with E-state index in [4.69, 9.17) is 9.47 Å². The lowest BCUT2D eigenvalue weighted by molar-refractivity contribution is -0.131. The summed E-state index contributed by atoms with van der Waals surface area (Å²) in [6.07, 6.45) is 3.62. The number of piperidine rings is 1. The van der Waals surface area contributed by atoms with Crippen LogP contribution in [0.1, 0.15) is 54.2 Å². The Morgan fingerprint density at radius 2 is 1.81 bits per heavy atom. The van der Waals surface area contributed by atoms with Crippen LogP contribution in [0.5, 0.6) is 5.75 Å². The molecule has 1 N–H and O–H groups in total. The van der Waals surface area contributed by atoms with Crippen LogP contribution in [0.15, 0.2) is 30.5 Å². The quantitative estimate of drug-likeness (QED) is 0.772. The molecule has 2 aliphatic heterocycles. The van der Waals surface area contributed by atoms with E-state index in [0.29, 0.717) is 38.2 Å². The molecule has 0 aliphatic carbocycles. The monoisotopic (exact) mass is 440 g/mol. The standard InChI is InChI=1S/C24H32N4O4/c1-16-14-28(15-17(2)32-16)24(30)20-13-25-26-23(20)18-8-10-27(11-9-18)22(29)12-19-6-4-5-7-21(19)31-3/h4-7,13,16-18H,8-12,14-15H2,1-3H3,(H,25,26)/t16-,17+. The molecule has 0 spiro atoms. The van der Waals surface area contributed by atoms with Crippen LogP contribution in [0.4, 0.5) is 0 Å². The molecule has 2 aliphatic rings. The molecule has 172 valence electrons. The lowest BCUT2D eigenvalue weighted by atomic mass is 9.90. The number of rotatable bonds is 5. The molecule has 2 fully saturated rings. The van der Waals surface area contributed by atoms with Crippen molar-refractivity contribution in [3.63, 3.8) is 0 Å². The van der Waals surface area contributed by atoms with Crippen LogP contribution in [0, 0.1) is 0 Å². The van der Waals surface area contributed by atoms with E-state index >= 15 is 0 Å². The van der Waals surface area contributed by atoms with Gasteiger partial charge in [-0.3, -0.25) is 14.7 Å². The highest BCUT2D eigenvalue weighted by Crippen LogP contribution is 2.30. The zero-order valence-corrected chi connectivity index (χ0v) is 19.0. The van der Waals surface area contributed by atoms with E-state index in [0.717, 1.165) is 29.8 Å². The van der Waals surface area contributed by atoms with Crippen LogP contribution in [-0.4, -0.2) is 77.3 Å². The maximum atomic E-state index is 13.2. The molecule has 2 amide bonds. The summed E-state index contributed by atoms with van der Waals surface area (Å²) in [4.78, 5) is 29.8. The second-order valence-corrected chi connectivity index (χ2v) is 8.81. The molecule has 8 heteroatoms. The van der Waals surface area contributed by atoms with E-state index in [2.05, 4.69) is 10.2 Å². The number of ether oxygens (including phenoxy) is 2. The van der Waals surface area contributed by atoms with E-state index < -0.39 is 0 Å². The van der Waals surface area contributed by atoms with Gasteiger partial charge in [0.1, 0.15) is 5.75 Å². The van der Waals surface area contributed by atoms with E-state index in [1.165, 1.54) is 0 Å². The molecule has 0 bridgehead atoms. The van der Waals surface area contributed by atoms with Crippen molar-refractivity contribution in [1.82, 2.24) is 20.0 Å². The Kier molecular flexibility index (Phi) is 6.79. The molecule has 4 rings (SSSR count). The third-order valence-corrected chi connectivity index (χ3v) is 6.40. The highest BCUT2D eigenvalue weighted by atomic mass is 16.5. The average molecular weight is 441 g/mol. The molecule has 1 aromatic heterocycles. The van der Waals surface area contributed by atoms with Gasteiger partial charge >= 0.3 is 0 Å². The fourth-order valence-corrected chi connectivity index (χ4v) is 4.83. The highest BCUT2D eigenvalue weighted by Gasteiger charge is 2.32. The van der Waals surface area contributed by atoms with Gasteiger partial charge in [-0.2, -0.15) is 5.10 Å². The summed E-state index contributed by atoms with van der Waals surface area (Å²) in [5.74, 6) is 1.03. The van der Waals surface area contributed by atoms with Gasteiger partial charge in [0.15, 0.2) is 0 Å². The van der Waals surface area contributed by atoms with Gasteiger partial charge in [0.05, 0.1) is 43.2 Å². The fraction of sp³-hybridized carbons (Fsp3) is 0.542. The zero-order chi connectivity index (χ0) is 22.7. The predicted octanol–water partition coefficient (Wildman–Crippen LogP) is 2.62. The van der Waals surface area contributed by atoms with Gasteiger partial charge in [0, 0.05) is 37.7 Å². The molecule has 0 saturated carbocycles. The maximum absolute atomic E-state index is 13.2. The lowest BCUT2D eigenvalue weighted by Crippen LogP contribution is -2.48. The zero-order valence-electron chi connectivity index (χ0n) is 19.0. The number of nitrogens with zero attached hydrogens (tertiary/aromatic N) is 3. The van der Waals surface area contributed by atoms with Gasteiger partial charge in [-0.15, -0.1) is 0 Å². The smallest absolute Gasteiger partial charge is 0.257 e. The first kappa shape index (κ1) is 22.3. The molecule has 2 aromatic rings. The molecular formula is C24H32N4O4. The highest BCUT2D eigenvalue weighted by molar-refractivity contribution is 5.95. The summed E-state index contributed by atoms with van der Waals surface area (Å²) in [6.45, 7) is 6.48. The van der Waals surface area contributed by atoms with Crippen LogP contribution in [0.2, 0.25) is 0 Å². The maximum Gasteiger partial charge on any atom is 0.257 e. The Balaban J connectivity index is 1.37. The Hall–Kier alpha value is -2.87. The molecular weight excluding hydrogens is 408 g/mol. The summed E-state index contributed by atoms with van der Waals surface area (Å²) in [7, 11) is 1.62. The molecule has 2 saturated heterocycles. The summed E-state index contributed by atoms with van der Waals surface area (Å²) in [5, 5.41) is 7.25. The van der Waals surface area contributed by atoms with Crippen molar-refractivity contribution in [1.29, 1.82) is 0 Å². The third-order valence-electron chi connectivity index (χ3n) is 6.40. The van der Waals surface area contributed by atoms with Gasteiger partial charge in [0.25, 0.3) is 5.91 Å². The van der Waals surface area contributed by atoms with Crippen molar-refractivity contribution < 1.29 is 19.1 Å². The Labute approximate surface area is 188 Å². The first-order valence-electron chi connectivity index (χ1n) is 11.3. The number of nitrogens with one attached hydrogen (secondary N) is 1. The minimum atomic E-state index is 0.00503. The minimum absolute atomic E-state index is 0.00503. The number of likely N-dealkylation sites (tertiary alicyclic amines) is 1. The van der Waals surface area contributed by atoms with Crippen LogP contribution in [0.3, 0.4) is 0 Å². The number of H-pyrrole nitrogens is 1. The first-order chi connectivity index (χ1) is 15.5. The Morgan fingerprint density at radius 1 is 1.12 bits per heavy atom. The number of carbonyl (C=O) groups is 2. The summed E-state index contributed by atoms with van der Waals surface area (Å²) < 4.78 is 11.1. The molecule has 1 aromatic carbocycles. The van der Waals surface area contributed by atoms with E-state index in [1.54, 1.807) is 13.3 Å². The van der Waals surface area contributed by atoms with Crippen molar-refractivity contribution in [2.75, 3.05) is 33.3 Å². The predicted molar refractivity (Wildman–Crippen MR) is 120 cm³/mol. The van der Waals surface area contributed by atoms with Crippen LogP contribution in [-0.2, 0) is 16.0 Å². The van der Waals surface area contributed by atoms with Crippen molar-refractivity contribution >= 4 is 11.8 Å². The van der Waals surface area contributed by atoms with Crippen LogP contribution < -0.4 is 4.74 Å². The van der Waals surface area contributed by atoms with Gasteiger partial charge in [-0.05, 0) is 32.8 Å². The summed E-state index contributed by atoms with van der Waals surface area (Å²) in [5.41, 5.74) is 2.43. The van der Waals surface area contributed by atoms with Crippen molar-refractivity contribution in [2.45, 2.75) is 51.2 Å². The molecule has 3 heterocycles. The number of methoxy groups -OCH3 is 1. The minimum Gasteiger partial charge on any atom is -0.496 e. The van der Waals surface area contributed by atoms with Crippen LogP contribution in [0.25, 0.3) is 0 Å². The topological polar surface area (TPSA) is 87.8 Å². The number of aromatic nitrogens is 2. The van der Waals surface area contributed by atoms with Gasteiger partial charge in [0.2, 0.25) is 5.91 Å². The number of para-hydroxylation sites is 1. The van der Waals surface area contributed by atoms with E-state index in [1.807, 2.05) is 47.9 Å². The second kappa shape index (κ2) is 9.73. The summed E-state index contributed by atoms with van der Waals surface area (Å²) >= 11 is 0. The largest absolute Gasteiger partial charge is 0.496 e. The van der Waals surface area contributed by atoms with Gasteiger partial charge < -0.3 is 19.3 Å². The number of benzene rings is 1.